The van der Waals surface area contributed by atoms with Crippen LogP contribution in [0.2, 0.25) is 0 Å². The van der Waals surface area contributed by atoms with E-state index in [9.17, 15) is 9.59 Å². The van der Waals surface area contributed by atoms with Gasteiger partial charge in [-0.15, -0.1) is 0 Å². The Morgan fingerprint density at radius 3 is 2.57 bits per heavy atom. The summed E-state index contributed by atoms with van der Waals surface area (Å²) >= 11 is 0. The van der Waals surface area contributed by atoms with Gasteiger partial charge >= 0.3 is 0 Å². The number of benzene rings is 1. The second-order valence-corrected chi connectivity index (χ2v) is 2.75. The van der Waals surface area contributed by atoms with Crippen molar-refractivity contribution < 1.29 is 0 Å². The number of nitrogens with one attached hydrogen (secondary N) is 2. The number of hydrogen-bond donors (Lipinski definition) is 2. The van der Waals surface area contributed by atoms with Gasteiger partial charge < -0.3 is 0 Å². The van der Waals surface area contributed by atoms with Crippen LogP contribution in [0.1, 0.15) is 5.56 Å². The summed E-state index contributed by atoms with van der Waals surface area (Å²) in [5.74, 6) is 0. The van der Waals surface area contributed by atoms with E-state index in [1.807, 2.05) is 6.07 Å². The molecule has 5 heteroatoms. The minimum Gasteiger partial charge on any atom is -0.267 e. The lowest BCUT2D eigenvalue weighted by atomic mass is 10.1. The fraction of sp³-hybridized carbons (Fsp3) is 0. The lowest BCUT2D eigenvalue weighted by Crippen LogP contribution is -2.19. The molecule has 2 aromatic rings. The lowest BCUT2D eigenvalue weighted by Gasteiger charge is -1.96. The molecule has 0 radical (unpaired) electrons. The first-order valence-electron chi connectivity index (χ1n) is 3.88. The molecule has 0 saturated carbocycles. The molecule has 0 amide bonds. The van der Waals surface area contributed by atoms with Crippen molar-refractivity contribution in [1.82, 2.24) is 10.2 Å². The number of H-pyrrole nitrogens is 2. The molecule has 1 heterocycles. The summed E-state index contributed by atoms with van der Waals surface area (Å²) in [6, 6.07) is 6.43. The number of nitriles is 1. The SMILES string of the molecule is N#Cc1cccc2c(=O)[nH][nH]c(=O)c12. The van der Waals surface area contributed by atoms with Crippen molar-refractivity contribution in [3.8, 4) is 6.07 Å². The monoisotopic (exact) mass is 187 g/mol. The molecular formula is C9H5N3O2. The summed E-state index contributed by atoms with van der Waals surface area (Å²) in [4.78, 5) is 22.6. The highest BCUT2D eigenvalue weighted by atomic mass is 16.1. The first-order valence-corrected chi connectivity index (χ1v) is 3.88. The standard InChI is InChI=1S/C9H5N3O2/c10-4-5-2-1-3-6-7(5)9(14)12-11-8(6)13/h1-3H,(H,11,13)(H,12,14). The Morgan fingerprint density at radius 2 is 1.86 bits per heavy atom. The zero-order valence-corrected chi connectivity index (χ0v) is 7.00. The van der Waals surface area contributed by atoms with E-state index in [0.717, 1.165) is 0 Å². The van der Waals surface area contributed by atoms with Crippen molar-refractivity contribution in [2.75, 3.05) is 0 Å². The third kappa shape index (κ3) is 1.02. The van der Waals surface area contributed by atoms with E-state index >= 15 is 0 Å². The Kier molecular flexibility index (Phi) is 1.68. The maximum atomic E-state index is 11.3. The predicted octanol–water partition coefficient (Wildman–Crippen LogP) is 0.0881. The highest BCUT2D eigenvalue weighted by Gasteiger charge is 2.06. The summed E-state index contributed by atoms with van der Waals surface area (Å²) < 4.78 is 0. The summed E-state index contributed by atoms with van der Waals surface area (Å²) in [5, 5.41) is 13.5. The fourth-order valence-corrected chi connectivity index (χ4v) is 1.32. The van der Waals surface area contributed by atoms with Crippen molar-refractivity contribution in [2.45, 2.75) is 0 Å². The van der Waals surface area contributed by atoms with E-state index < -0.39 is 11.1 Å². The number of aromatic amines is 2. The zero-order chi connectivity index (χ0) is 10.1. The zero-order valence-electron chi connectivity index (χ0n) is 7.00. The molecule has 1 aromatic heterocycles. The van der Waals surface area contributed by atoms with Crippen LogP contribution in [0.4, 0.5) is 0 Å². The minimum absolute atomic E-state index is 0.138. The Balaban J connectivity index is 3.18. The normalized spacial score (nSPS) is 9.93. The predicted molar refractivity (Wildman–Crippen MR) is 49.9 cm³/mol. The van der Waals surface area contributed by atoms with Gasteiger partial charge in [-0.1, -0.05) is 6.07 Å². The number of fused-ring (bicyclic) bond motifs is 1. The quantitative estimate of drug-likeness (QED) is 0.612. The Morgan fingerprint density at radius 1 is 1.14 bits per heavy atom. The number of rotatable bonds is 0. The number of nitrogens with zero attached hydrogens (tertiary/aromatic N) is 1. The van der Waals surface area contributed by atoms with Crippen LogP contribution >= 0.6 is 0 Å². The molecule has 0 unspecified atom stereocenters. The first-order chi connectivity index (χ1) is 6.74. The second kappa shape index (κ2) is 2.85. The molecule has 0 saturated heterocycles. The average Bonchev–Trinajstić information content (AvgIpc) is 2.23. The largest absolute Gasteiger partial charge is 0.271 e. The van der Waals surface area contributed by atoms with Crippen LogP contribution in [0.5, 0.6) is 0 Å². The summed E-state index contributed by atoms with van der Waals surface area (Å²) in [6.07, 6.45) is 0. The molecule has 0 bridgehead atoms. The van der Waals surface area contributed by atoms with E-state index in [4.69, 9.17) is 5.26 Å². The minimum atomic E-state index is -0.461. The molecule has 1 aromatic carbocycles. The summed E-state index contributed by atoms with van der Waals surface area (Å²) in [7, 11) is 0. The van der Waals surface area contributed by atoms with Crippen molar-refractivity contribution in [1.29, 1.82) is 5.26 Å². The van der Waals surface area contributed by atoms with Crippen LogP contribution in [0.3, 0.4) is 0 Å². The Labute approximate surface area is 77.6 Å². The van der Waals surface area contributed by atoms with Crippen LogP contribution in [-0.2, 0) is 0 Å². The molecule has 68 valence electrons. The Hall–Kier alpha value is -2.35. The van der Waals surface area contributed by atoms with Gasteiger partial charge in [0, 0.05) is 0 Å². The number of hydrogen-bond acceptors (Lipinski definition) is 3. The third-order valence-electron chi connectivity index (χ3n) is 1.95. The summed E-state index contributed by atoms with van der Waals surface area (Å²) in [6.45, 7) is 0. The van der Waals surface area contributed by atoms with Crippen LogP contribution in [0, 0.1) is 11.3 Å². The van der Waals surface area contributed by atoms with Crippen molar-refractivity contribution in [2.24, 2.45) is 0 Å². The van der Waals surface area contributed by atoms with Gasteiger partial charge in [0.1, 0.15) is 0 Å². The second-order valence-electron chi connectivity index (χ2n) is 2.75. The van der Waals surface area contributed by atoms with Gasteiger partial charge in [-0.05, 0) is 12.1 Å². The molecule has 0 aliphatic heterocycles. The van der Waals surface area contributed by atoms with Crippen molar-refractivity contribution >= 4 is 10.8 Å². The van der Waals surface area contributed by atoms with Crippen molar-refractivity contribution in [3.05, 3.63) is 44.5 Å². The van der Waals surface area contributed by atoms with Gasteiger partial charge in [0.05, 0.1) is 22.4 Å². The molecule has 0 aliphatic rings. The highest BCUT2D eigenvalue weighted by Crippen LogP contribution is 2.08. The maximum Gasteiger partial charge on any atom is 0.271 e. The molecule has 2 N–H and O–H groups in total. The molecule has 0 aliphatic carbocycles. The average molecular weight is 187 g/mol. The van der Waals surface area contributed by atoms with E-state index in [1.165, 1.54) is 12.1 Å². The fourth-order valence-electron chi connectivity index (χ4n) is 1.32. The molecule has 14 heavy (non-hydrogen) atoms. The van der Waals surface area contributed by atoms with Gasteiger partial charge in [-0.25, -0.2) is 0 Å². The van der Waals surface area contributed by atoms with Crippen LogP contribution in [-0.4, -0.2) is 10.2 Å². The third-order valence-corrected chi connectivity index (χ3v) is 1.95. The molecule has 2 rings (SSSR count). The van der Waals surface area contributed by atoms with E-state index in [1.54, 1.807) is 6.07 Å². The first kappa shape index (κ1) is 8.26. The van der Waals surface area contributed by atoms with Crippen molar-refractivity contribution in [3.63, 3.8) is 0 Å². The molecule has 0 atom stereocenters. The van der Waals surface area contributed by atoms with Crippen LogP contribution in [0.25, 0.3) is 10.8 Å². The lowest BCUT2D eigenvalue weighted by molar-refractivity contribution is 0.976. The van der Waals surface area contributed by atoms with Gasteiger partial charge in [0.2, 0.25) is 0 Å². The molecule has 0 spiro atoms. The van der Waals surface area contributed by atoms with Crippen LogP contribution in [0.15, 0.2) is 27.8 Å². The molecule has 5 nitrogen and oxygen atoms in total. The van der Waals surface area contributed by atoms with E-state index in [0.29, 0.717) is 0 Å². The van der Waals surface area contributed by atoms with E-state index in [-0.39, 0.29) is 16.3 Å². The Bertz CT molecular complexity index is 645. The summed E-state index contributed by atoms with van der Waals surface area (Å²) in [5.41, 5.74) is -0.664. The smallest absolute Gasteiger partial charge is 0.267 e. The number of aromatic nitrogens is 2. The van der Waals surface area contributed by atoms with Gasteiger partial charge in [0.15, 0.2) is 0 Å². The molecular weight excluding hydrogens is 182 g/mol. The van der Waals surface area contributed by atoms with Gasteiger partial charge in [-0.2, -0.15) is 5.26 Å². The highest BCUT2D eigenvalue weighted by molar-refractivity contribution is 5.85. The topological polar surface area (TPSA) is 89.5 Å². The molecule has 0 fully saturated rings. The maximum absolute atomic E-state index is 11.3. The van der Waals surface area contributed by atoms with Crippen LogP contribution < -0.4 is 11.1 Å². The van der Waals surface area contributed by atoms with Gasteiger partial charge in [0.25, 0.3) is 11.1 Å². The van der Waals surface area contributed by atoms with Gasteiger partial charge in [-0.3, -0.25) is 19.8 Å². The van der Waals surface area contributed by atoms with E-state index in [2.05, 4.69) is 10.2 Å².